The maximum absolute atomic E-state index is 4.28. The van der Waals surface area contributed by atoms with Crippen molar-refractivity contribution in [2.75, 3.05) is 18.4 Å². The molecule has 0 spiro atoms. The van der Waals surface area contributed by atoms with Crippen LogP contribution in [0.5, 0.6) is 0 Å². The first-order valence-electron chi connectivity index (χ1n) is 5.67. The average Bonchev–Trinajstić information content (AvgIpc) is 2.26. The SMILES string of the molecule is Cc1nccc(NC2CCNCC2)c1C. The van der Waals surface area contributed by atoms with Crippen LogP contribution in [0.2, 0.25) is 0 Å². The van der Waals surface area contributed by atoms with E-state index in [-0.39, 0.29) is 0 Å². The molecule has 0 amide bonds. The molecule has 0 radical (unpaired) electrons. The Bertz CT molecular complexity index is 330. The van der Waals surface area contributed by atoms with Crippen molar-refractivity contribution in [1.29, 1.82) is 0 Å². The van der Waals surface area contributed by atoms with Gasteiger partial charge in [-0.15, -0.1) is 0 Å². The Hall–Kier alpha value is -1.09. The van der Waals surface area contributed by atoms with Crippen molar-refractivity contribution in [2.45, 2.75) is 32.7 Å². The topological polar surface area (TPSA) is 37.0 Å². The summed E-state index contributed by atoms with van der Waals surface area (Å²) in [6, 6.07) is 2.69. The Kier molecular flexibility index (Phi) is 3.21. The number of anilines is 1. The zero-order valence-electron chi connectivity index (χ0n) is 9.51. The molecule has 1 aromatic heterocycles. The molecule has 2 heterocycles. The molecule has 1 saturated heterocycles. The molecular formula is C12H19N3. The van der Waals surface area contributed by atoms with Gasteiger partial charge in [0.25, 0.3) is 0 Å². The minimum Gasteiger partial charge on any atom is -0.382 e. The molecule has 0 unspecified atom stereocenters. The summed E-state index contributed by atoms with van der Waals surface area (Å²) in [7, 11) is 0. The van der Waals surface area contributed by atoms with Crippen LogP contribution in [0.4, 0.5) is 5.69 Å². The number of hydrogen-bond donors (Lipinski definition) is 2. The molecular weight excluding hydrogens is 186 g/mol. The number of aryl methyl sites for hydroxylation is 1. The van der Waals surface area contributed by atoms with Crippen LogP contribution in [0.3, 0.4) is 0 Å². The Labute approximate surface area is 91.3 Å². The van der Waals surface area contributed by atoms with Crippen molar-refractivity contribution in [1.82, 2.24) is 10.3 Å². The van der Waals surface area contributed by atoms with Gasteiger partial charge in [-0.05, 0) is 51.4 Å². The lowest BCUT2D eigenvalue weighted by atomic mass is 10.1. The lowest BCUT2D eigenvalue weighted by Crippen LogP contribution is -2.35. The standard InChI is InChI=1S/C12H19N3/c1-9-10(2)14-8-5-12(9)15-11-3-6-13-7-4-11/h5,8,11,13H,3-4,6-7H2,1-2H3,(H,14,15). The minimum atomic E-state index is 0.617. The Morgan fingerprint density at radius 2 is 2.07 bits per heavy atom. The smallest absolute Gasteiger partial charge is 0.0422 e. The average molecular weight is 205 g/mol. The molecule has 1 aromatic rings. The number of nitrogens with zero attached hydrogens (tertiary/aromatic N) is 1. The highest BCUT2D eigenvalue weighted by Gasteiger charge is 2.13. The first-order valence-corrected chi connectivity index (χ1v) is 5.67. The highest BCUT2D eigenvalue weighted by Crippen LogP contribution is 2.19. The second-order valence-corrected chi connectivity index (χ2v) is 4.24. The molecule has 15 heavy (non-hydrogen) atoms. The van der Waals surface area contributed by atoms with Crippen molar-refractivity contribution in [3.05, 3.63) is 23.5 Å². The number of aromatic nitrogens is 1. The third-order valence-electron chi connectivity index (χ3n) is 3.15. The van der Waals surface area contributed by atoms with Crippen molar-refractivity contribution in [2.24, 2.45) is 0 Å². The van der Waals surface area contributed by atoms with E-state index in [0.717, 1.165) is 18.8 Å². The molecule has 1 aliphatic rings. The molecule has 0 bridgehead atoms. The van der Waals surface area contributed by atoms with E-state index < -0.39 is 0 Å². The van der Waals surface area contributed by atoms with Crippen LogP contribution in [0.15, 0.2) is 12.3 Å². The van der Waals surface area contributed by atoms with Gasteiger partial charge in [0.1, 0.15) is 0 Å². The van der Waals surface area contributed by atoms with E-state index in [1.807, 2.05) is 6.20 Å². The highest BCUT2D eigenvalue weighted by atomic mass is 15.0. The molecule has 3 heteroatoms. The molecule has 82 valence electrons. The van der Waals surface area contributed by atoms with Crippen molar-refractivity contribution in [3.63, 3.8) is 0 Å². The fourth-order valence-corrected chi connectivity index (χ4v) is 1.98. The molecule has 2 rings (SSSR count). The van der Waals surface area contributed by atoms with Gasteiger partial charge in [0.05, 0.1) is 0 Å². The van der Waals surface area contributed by atoms with Gasteiger partial charge in [-0.3, -0.25) is 4.98 Å². The van der Waals surface area contributed by atoms with Crippen LogP contribution in [-0.4, -0.2) is 24.1 Å². The van der Waals surface area contributed by atoms with Crippen LogP contribution < -0.4 is 10.6 Å². The van der Waals surface area contributed by atoms with Gasteiger partial charge < -0.3 is 10.6 Å². The van der Waals surface area contributed by atoms with Crippen LogP contribution in [0.1, 0.15) is 24.1 Å². The highest BCUT2D eigenvalue weighted by molar-refractivity contribution is 5.52. The zero-order valence-corrected chi connectivity index (χ0v) is 9.51. The van der Waals surface area contributed by atoms with Crippen LogP contribution in [-0.2, 0) is 0 Å². The maximum Gasteiger partial charge on any atom is 0.0422 e. The van der Waals surface area contributed by atoms with E-state index in [1.165, 1.54) is 24.1 Å². The molecule has 3 nitrogen and oxygen atoms in total. The summed E-state index contributed by atoms with van der Waals surface area (Å²) in [6.07, 6.45) is 4.30. The van der Waals surface area contributed by atoms with E-state index >= 15 is 0 Å². The summed E-state index contributed by atoms with van der Waals surface area (Å²) in [4.78, 5) is 4.28. The number of nitrogens with one attached hydrogen (secondary N) is 2. The van der Waals surface area contributed by atoms with Gasteiger partial charge in [-0.1, -0.05) is 0 Å². The zero-order chi connectivity index (χ0) is 10.7. The summed E-state index contributed by atoms with van der Waals surface area (Å²) in [5, 5.41) is 6.98. The van der Waals surface area contributed by atoms with Crippen LogP contribution in [0, 0.1) is 13.8 Å². The predicted octanol–water partition coefficient (Wildman–Crippen LogP) is 1.86. The van der Waals surface area contributed by atoms with Gasteiger partial charge in [-0.25, -0.2) is 0 Å². The van der Waals surface area contributed by atoms with Crippen molar-refractivity contribution < 1.29 is 0 Å². The summed E-state index contributed by atoms with van der Waals surface area (Å²) in [6.45, 7) is 6.44. The summed E-state index contributed by atoms with van der Waals surface area (Å²) in [5.74, 6) is 0. The number of hydrogen-bond acceptors (Lipinski definition) is 3. The summed E-state index contributed by atoms with van der Waals surface area (Å²) in [5.41, 5.74) is 3.64. The maximum atomic E-state index is 4.28. The molecule has 0 aliphatic carbocycles. The molecule has 0 saturated carbocycles. The van der Waals surface area contributed by atoms with Gasteiger partial charge in [0.2, 0.25) is 0 Å². The molecule has 1 aliphatic heterocycles. The summed E-state index contributed by atoms with van der Waals surface area (Å²) < 4.78 is 0. The molecule has 2 N–H and O–H groups in total. The number of pyridine rings is 1. The quantitative estimate of drug-likeness (QED) is 0.774. The monoisotopic (exact) mass is 205 g/mol. The molecule has 1 fully saturated rings. The number of rotatable bonds is 2. The van der Waals surface area contributed by atoms with Gasteiger partial charge >= 0.3 is 0 Å². The van der Waals surface area contributed by atoms with E-state index in [9.17, 15) is 0 Å². The summed E-state index contributed by atoms with van der Waals surface area (Å²) >= 11 is 0. The van der Waals surface area contributed by atoms with E-state index in [2.05, 4.69) is 35.5 Å². The Morgan fingerprint density at radius 1 is 1.33 bits per heavy atom. The fraction of sp³-hybridized carbons (Fsp3) is 0.583. The fourth-order valence-electron chi connectivity index (χ4n) is 1.98. The van der Waals surface area contributed by atoms with Crippen molar-refractivity contribution >= 4 is 5.69 Å². The van der Waals surface area contributed by atoms with Gasteiger partial charge in [0, 0.05) is 23.6 Å². The first-order chi connectivity index (χ1) is 7.27. The second kappa shape index (κ2) is 4.62. The predicted molar refractivity (Wildman–Crippen MR) is 63.2 cm³/mol. The minimum absolute atomic E-state index is 0.617. The Balaban J connectivity index is 2.06. The Morgan fingerprint density at radius 3 is 2.80 bits per heavy atom. The third kappa shape index (κ3) is 2.48. The lowest BCUT2D eigenvalue weighted by Gasteiger charge is -2.25. The molecule has 0 aromatic carbocycles. The van der Waals surface area contributed by atoms with E-state index in [0.29, 0.717) is 6.04 Å². The largest absolute Gasteiger partial charge is 0.382 e. The molecule has 0 atom stereocenters. The van der Waals surface area contributed by atoms with Crippen molar-refractivity contribution in [3.8, 4) is 0 Å². The van der Waals surface area contributed by atoms with Gasteiger partial charge in [-0.2, -0.15) is 0 Å². The van der Waals surface area contributed by atoms with E-state index in [4.69, 9.17) is 0 Å². The van der Waals surface area contributed by atoms with Gasteiger partial charge in [0.15, 0.2) is 0 Å². The van der Waals surface area contributed by atoms with Crippen LogP contribution >= 0.6 is 0 Å². The number of piperidine rings is 1. The van der Waals surface area contributed by atoms with Crippen LogP contribution in [0.25, 0.3) is 0 Å². The second-order valence-electron chi connectivity index (χ2n) is 4.24. The lowest BCUT2D eigenvalue weighted by molar-refractivity contribution is 0.479. The normalized spacial score (nSPS) is 17.7. The first kappa shape index (κ1) is 10.4. The third-order valence-corrected chi connectivity index (χ3v) is 3.15. The van der Waals surface area contributed by atoms with E-state index in [1.54, 1.807) is 0 Å².